The Morgan fingerprint density at radius 1 is 1.27 bits per heavy atom. The summed E-state index contributed by atoms with van der Waals surface area (Å²) >= 11 is 6.05. The van der Waals surface area contributed by atoms with Gasteiger partial charge in [0.1, 0.15) is 16.7 Å². The first-order chi connectivity index (χ1) is 7.11. The maximum absolute atomic E-state index is 13.5. The van der Waals surface area contributed by atoms with Crippen molar-refractivity contribution in [1.82, 2.24) is 9.78 Å². The van der Waals surface area contributed by atoms with Crippen molar-refractivity contribution in [3.63, 3.8) is 0 Å². The van der Waals surface area contributed by atoms with Crippen LogP contribution in [0.3, 0.4) is 0 Å². The van der Waals surface area contributed by atoms with Gasteiger partial charge in [0.2, 0.25) is 0 Å². The van der Waals surface area contributed by atoms with Crippen LogP contribution < -0.4 is 0 Å². The minimum atomic E-state index is -0.332. The van der Waals surface area contributed by atoms with Crippen LogP contribution in [0.5, 0.6) is 0 Å². The second-order valence-corrected chi connectivity index (χ2v) is 3.72. The maximum Gasteiger partial charge on any atom is 0.148 e. The molecule has 0 atom stereocenters. The molecule has 0 spiro atoms. The van der Waals surface area contributed by atoms with E-state index >= 15 is 0 Å². The smallest absolute Gasteiger partial charge is 0.148 e. The van der Waals surface area contributed by atoms with Crippen LogP contribution in [0.15, 0.2) is 24.3 Å². The van der Waals surface area contributed by atoms with E-state index in [1.807, 2.05) is 13.8 Å². The van der Waals surface area contributed by atoms with Gasteiger partial charge in [0, 0.05) is 5.56 Å². The lowest BCUT2D eigenvalue weighted by Crippen LogP contribution is -1.99. The van der Waals surface area contributed by atoms with Crippen LogP contribution in [0.4, 0.5) is 4.39 Å². The van der Waals surface area contributed by atoms with Crippen molar-refractivity contribution in [2.45, 2.75) is 13.8 Å². The summed E-state index contributed by atoms with van der Waals surface area (Å²) < 4.78 is 14.9. The Labute approximate surface area is 92.3 Å². The van der Waals surface area contributed by atoms with Crippen molar-refractivity contribution >= 4 is 11.6 Å². The second kappa shape index (κ2) is 3.66. The first-order valence-electron chi connectivity index (χ1n) is 4.58. The number of aryl methyl sites for hydroxylation is 1. The molecule has 1 heterocycles. The number of hydrogen-bond donors (Lipinski definition) is 0. The predicted molar refractivity (Wildman–Crippen MR) is 58.0 cm³/mol. The van der Waals surface area contributed by atoms with Gasteiger partial charge in [-0.05, 0) is 26.0 Å². The molecule has 4 heteroatoms. The van der Waals surface area contributed by atoms with E-state index in [0.29, 0.717) is 10.8 Å². The quantitative estimate of drug-likeness (QED) is 0.727. The number of benzene rings is 1. The number of para-hydroxylation sites is 1. The van der Waals surface area contributed by atoms with Gasteiger partial charge in [0.25, 0.3) is 0 Å². The normalized spacial score (nSPS) is 10.7. The lowest BCUT2D eigenvalue weighted by atomic mass is 10.3. The fraction of sp³-hybridized carbons (Fsp3) is 0.182. The average Bonchev–Trinajstić information content (AvgIpc) is 2.47. The van der Waals surface area contributed by atoms with E-state index in [1.54, 1.807) is 18.2 Å². The zero-order valence-electron chi connectivity index (χ0n) is 8.46. The molecule has 15 heavy (non-hydrogen) atoms. The summed E-state index contributed by atoms with van der Waals surface area (Å²) in [4.78, 5) is 0. The zero-order chi connectivity index (χ0) is 11.0. The number of aromatic nitrogens is 2. The van der Waals surface area contributed by atoms with E-state index in [-0.39, 0.29) is 5.82 Å². The Morgan fingerprint density at radius 3 is 2.47 bits per heavy atom. The Morgan fingerprint density at radius 2 is 1.93 bits per heavy atom. The summed E-state index contributed by atoms with van der Waals surface area (Å²) in [6, 6.07) is 6.42. The third-order valence-electron chi connectivity index (χ3n) is 2.37. The van der Waals surface area contributed by atoms with E-state index in [9.17, 15) is 4.39 Å². The summed E-state index contributed by atoms with van der Waals surface area (Å²) in [6.45, 7) is 3.71. The minimum absolute atomic E-state index is 0.332. The molecule has 0 unspecified atom stereocenters. The van der Waals surface area contributed by atoms with Gasteiger partial charge < -0.3 is 0 Å². The molecule has 0 aliphatic carbocycles. The molecule has 0 radical (unpaired) electrons. The van der Waals surface area contributed by atoms with Gasteiger partial charge in [-0.25, -0.2) is 9.07 Å². The van der Waals surface area contributed by atoms with Gasteiger partial charge in [-0.1, -0.05) is 23.7 Å². The molecule has 1 aromatic heterocycles. The van der Waals surface area contributed by atoms with Crippen LogP contribution >= 0.6 is 11.6 Å². The monoisotopic (exact) mass is 224 g/mol. The highest BCUT2D eigenvalue weighted by Crippen LogP contribution is 2.23. The molecule has 1 aromatic carbocycles. The number of rotatable bonds is 1. The summed E-state index contributed by atoms with van der Waals surface area (Å²) in [7, 11) is 0. The van der Waals surface area contributed by atoms with Crippen molar-refractivity contribution < 1.29 is 4.39 Å². The summed E-state index contributed by atoms with van der Waals surface area (Å²) in [5.74, 6) is -0.332. The van der Waals surface area contributed by atoms with Crippen molar-refractivity contribution in [2.75, 3.05) is 0 Å². The molecule has 2 rings (SSSR count). The van der Waals surface area contributed by atoms with Crippen LogP contribution in [0.2, 0.25) is 5.15 Å². The fourth-order valence-corrected chi connectivity index (χ4v) is 1.63. The van der Waals surface area contributed by atoms with Gasteiger partial charge in [-0.2, -0.15) is 5.10 Å². The highest BCUT2D eigenvalue weighted by molar-refractivity contribution is 6.30. The molecule has 2 nitrogen and oxygen atoms in total. The second-order valence-electron chi connectivity index (χ2n) is 3.36. The van der Waals surface area contributed by atoms with Crippen LogP contribution in [-0.2, 0) is 0 Å². The highest BCUT2D eigenvalue weighted by atomic mass is 35.5. The van der Waals surface area contributed by atoms with Crippen LogP contribution in [0.1, 0.15) is 11.3 Å². The third-order valence-corrected chi connectivity index (χ3v) is 2.81. The molecule has 0 aliphatic heterocycles. The molecule has 2 aromatic rings. The van der Waals surface area contributed by atoms with Crippen molar-refractivity contribution in [1.29, 1.82) is 0 Å². The molecule has 78 valence electrons. The predicted octanol–water partition coefficient (Wildman–Crippen LogP) is 3.28. The van der Waals surface area contributed by atoms with E-state index in [2.05, 4.69) is 5.10 Å². The highest BCUT2D eigenvalue weighted by Gasteiger charge is 2.12. The molecule has 0 N–H and O–H groups in total. The topological polar surface area (TPSA) is 17.8 Å². The molecule has 0 saturated carbocycles. The molecule has 0 saturated heterocycles. The number of halogens is 2. The van der Waals surface area contributed by atoms with E-state index in [0.717, 1.165) is 11.3 Å². The van der Waals surface area contributed by atoms with E-state index in [1.165, 1.54) is 10.7 Å². The maximum atomic E-state index is 13.5. The van der Waals surface area contributed by atoms with Gasteiger partial charge in [0.15, 0.2) is 0 Å². The van der Waals surface area contributed by atoms with Gasteiger partial charge >= 0.3 is 0 Å². The first-order valence-corrected chi connectivity index (χ1v) is 4.95. The molecule has 0 fully saturated rings. The first kappa shape index (κ1) is 10.2. The summed E-state index contributed by atoms with van der Waals surface area (Å²) in [5.41, 5.74) is 2.06. The summed E-state index contributed by atoms with van der Waals surface area (Å²) in [5, 5.41) is 4.64. The van der Waals surface area contributed by atoms with Crippen molar-refractivity contribution in [3.8, 4) is 5.69 Å². The molecular weight excluding hydrogens is 215 g/mol. The number of nitrogens with zero attached hydrogens (tertiary/aromatic N) is 2. The van der Waals surface area contributed by atoms with Crippen molar-refractivity contribution in [3.05, 3.63) is 46.5 Å². The average molecular weight is 225 g/mol. The lowest BCUT2D eigenvalue weighted by Gasteiger charge is -2.03. The largest absolute Gasteiger partial charge is 0.219 e. The SMILES string of the molecule is Cc1nn(-c2ccccc2F)c(Cl)c1C. The van der Waals surface area contributed by atoms with Gasteiger partial charge in [-0.3, -0.25) is 0 Å². The van der Waals surface area contributed by atoms with E-state index in [4.69, 9.17) is 11.6 Å². The number of hydrogen-bond acceptors (Lipinski definition) is 1. The van der Waals surface area contributed by atoms with Crippen LogP contribution in [0, 0.1) is 19.7 Å². The van der Waals surface area contributed by atoms with Gasteiger partial charge in [-0.15, -0.1) is 0 Å². The molecular formula is C11H10ClFN2. The minimum Gasteiger partial charge on any atom is -0.219 e. The molecule has 0 aliphatic rings. The fourth-order valence-electron chi connectivity index (χ4n) is 1.36. The van der Waals surface area contributed by atoms with Crippen LogP contribution in [0.25, 0.3) is 5.69 Å². The Balaban J connectivity index is 2.65. The standard InChI is InChI=1S/C11H10ClFN2/c1-7-8(2)14-15(11(7)12)10-6-4-3-5-9(10)13/h3-6H,1-2H3. The Bertz CT molecular complexity index is 505. The Hall–Kier alpha value is -1.35. The van der Waals surface area contributed by atoms with Gasteiger partial charge in [0.05, 0.1) is 5.69 Å². The molecule has 0 amide bonds. The van der Waals surface area contributed by atoms with Crippen molar-refractivity contribution in [2.24, 2.45) is 0 Å². The third kappa shape index (κ3) is 1.63. The molecule has 0 bridgehead atoms. The van der Waals surface area contributed by atoms with Crippen LogP contribution in [-0.4, -0.2) is 9.78 Å². The lowest BCUT2D eigenvalue weighted by molar-refractivity contribution is 0.610. The summed E-state index contributed by atoms with van der Waals surface area (Å²) in [6.07, 6.45) is 0. The Kier molecular flexibility index (Phi) is 2.49. The zero-order valence-corrected chi connectivity index (χ0v) is 9.22. The van der Waals surface area contributed by atoms with E-state index < -0.39 is 0 Å².